The highest BCUT2D eigenvalue weighted by Gasteiger charge is 2.34. The Kier molecular flexibility index (Phi) is 5.43. The van der Waals surface area contributed by atoms with Crippen LogP contribution >= 0.6 is 0 Å². The summed E-state index contributed by atoms with van der Waals surface area (Å²) in [5.74, 6) is 1.74. The minimum absolute atomic E-state index is 0.0668. The molecule has 2 fully saturated rings. The number of hydrogen-bond donors (Lipinski definition) is 2. The number of rotatable bonds is 5. The van der Waals surface area contributed by atoms with E-state index in [0.717, 1.165) is 24.7 Å². The molecule has 3 unspecified atom stereocenters. The molecule has 5 nitrogen and oxygen atoms in total. The van der Waals surface area contributed by atoms with Crippen LogP contribution in [0.5, 0.6) is 0 Å². The maximum absolute atomic E-state index is 12.1. The molecule has 2 aliphatic rings. The van der Waals surface area contributed by atoms with Crippen molar-refractivity contribution in [3.8, 4) is 0 Å². The topological polar surface area (TPSA) is 89.3 Å². The van der Waals surface area contributed by atoms with Crippen LogP contribution in [-0.2, 0) is 14.8 Å². The molecule has 3 N–H and O–H groups in total. The lowest BCUT2D eigenvalue weighted by atomic mass is 9.67. The maximum atomic E-state index is 12.1. The van der Waals surface area contributed by atoms with E-state index in [0.29, 0.717) is 13.0 Å². The third-order valence-electron chi connectivity index (χ3n) is 4.82. The molecule has 0 aromatic rings. The molecular formula is C14H26N2O3S. The van der Waals surface area contributed by atoms with Crippen molar-refractivity contribution in [3.63, 3.8) is 0 Å². The fraction of sp³-hybridized carbons (Fsp3) is 0.929. The molecule has 2 aliphatic carbocycles. The number of carbonyl (C=O) groups excluding carboxylic acids is 1. The van der Waals surface area contributed by atoms with Gasteiger partial charge in [-0.1, -0.05) is 25.7 Å². The summed E-state index contributed by atoms with van der Waals surface area (Å²) >= 11 is 0. The van der Waals surface area contributed by atoms with Gasteiger partial charge in [0, 0.05) is 12.5 Å². The number of hydrogen-bond acceptors (Lipinski definition) is 3. The van der Waals surface area contributed by atoms with Gasteiger partial charge in [0.2, 0.25) is 15.9 Å². The van der Waals surface area contributed by atoms with E-state index < -0.39 is 10.0 Å². The zero-order valence-electron chi connectivity index (χ0n) is 12.0. The number of nitrogens with one attached hydrogen (secondary N) is 1. The summed E-state index contributed by atoms with van der Waals surface area (Å²) in [6.45, 7) is 0.403. The van der Waals surface area contributed by atoms with Gasteiger partial charge in [-0.2, -0.15) is 0 Å². The van der Waals surface area contributed by atoms with Crippen molar-refractivity contribution in [3.05, 3.63) is 0 Å². The molecule has 2 rings (SSSR count). The van der Waals surface area contributed by atoms with Crippen molar-refractivity contribution in [2.24, 2.45) is 22.9 Å². The van der Waals surface area contributed by atoms with E-state index >= 15 is 0 Å². The SMILES string of the molecule is NS(=O)(=O)CCCNC(=O)C1CCC2CCCCC2C1. The Bertz CT molecular complexity index is 436. The first-order valence-electron chi connectivity index (χ1n) is 7.74. The highest BCUT2D eigenvalue weighted by molar-refractivity contribution is 7.89. The van der Waals surface area contributed by atoms with Crippen LogP contribution in [0.3, 0.4) is 0 Å². The average Bonchev–Trinajstić information content (AvgIpc) is 2.42. The lowest BCUT2D eigenvalue weighted by molar-refractivity contribution is -0.127. The second-order valence-corrected chi connectivity index (χ2v) is 8.06. The van der Waals surface area contributed by atoms with Gasteiger partial charge in [0.1, 0.15) is 0 Å². The first kappa shape index (κ1) is 15.8. The Labute approximate surface area is 121 Å². The molecule has 116 valence electrons. The predicted molar refractivity (Wildman–Crippen MR) is 78.4 cm³/mol. The van der Waals surface area contributed by atoms with E-state index in [1.807, 2.05) is 0 Å². The zero-order chi connectivity index (χ0) is 14.6. The largest absolute Gasteiger partial charge is 0.356 e. The minimum atomic E-state index is -3.41. The van der Waals surface area contributed by atoms with Crippen LogP contribution in [0, 0.1) is 17.8 Å². The monoisotopic (exact) mass is 302 g/mol. The maximum Gasteiger partial charge on any atom is 0.223 e. The number of carbonyl (C=O) groups is 1. The van der Waals surface area contributed by atoms with Crippen molar-refractivity contribution >= 4 is 15.9 Å². The van der Waals surface area contributed by atoms with E-state index in [-0.39, 0.29) is 17.6 Å². The van der Waals surface area contributed by atoms with Crippen LogP contribution in [0.15, 0.2) is 0 Å². The second kappa shape index (κ2) is 6.89. The fourth-order valence-electron chi connectivity index (χ4n) is 3.74. The van der Waals surface area contributed by atoms with Gasteiger partial charge in [0.05, 0.1) is 5.75 Å². The van der Waals surface area contributed by atoms with E-state index in [2.05, 4.69) is 5.32 Å². The molecule has 20 heavy (non-hydrogen) atoms. The average molecular weight is 302 g/mol. The number of nitrogens with two attached hydrogens (primary N) is 1. The van der Waals surface area contributed by atoms with Crippen molar-refractivity contribution in [1.29, 1.82) is 0 Å². The fourth-order valence-corrected chi connectivity index (χ4v) is 4.29. The Hall–Kier alpha value is -0.620. The second-order valence-electron chi connectivity index (χ2n) is 6.33. The van der Waals surface area contributed by atoms with Crippen LogP contribution in [0.2, 0.25) is 0 Å². The molecule has 0 aromatic carbocycles. The van der Waals surface area contributed by atoms with Gasteiger partial charge in [-0.3, -0.25) is 4.79 Å². The molecule has 0 bridgehead atoms. The Morgan fingerprint density at radius 2 is 1.80 bits per heavy atom. The van der Waals surface area contributed by atoms with Crippen molar-refractivity contribution in [1.82, 2.24) is 5.32 Å². The number of amides is 1. The summed E-state index contributed by atoms with van der Waals surface area (Å²) in [6.07, 6.45) is 8.86. The molecule has 0 spiro atoms. The highest BCUT2D eigenvalue weighted by Crippen LogP contribution is 2.42. The number of fused-ring (bicyclic) bond motifs is 1. The third kappa shape index (κ3) is 4.74. The Balaban J connectivity index is 1.70. The van der Waals surface area contributed by atoms with E-state index in [9.17, 15) is 13.2 Å². The Morgan fingerprint density at radius 3 is 2.50 bits per heavy atom. The van der Waals surface area contributed by atoms with E-state index in [1.165, 1.54) is 32.1 Å². The van der Waals surface area contributed by atoms with Crippen LogP contribution < -0.4 is 10.5 Å². The number of sulfonamides is 1. The highest BCUT2D eigenvalue weighted by atomic mass is 32.2. The van der Waals surface area contributed by atoms with Gasteiger partial charge < -0.3 is 5.32 Å². The first-order valence-corrected chi connectivity index (χ1v) is 9.45. The van der Waals surface area contributed by atoms with Gasteiger partial charge >= 0.3 is 0 Å². The molecule has 3 atom stereocenters. The summed E-state index contributed by atoms with van der Waals surface area (Å²) in [5.41, 5.74) is 0. The first-order chi connectivity index (χ1) is 9.46. The summed E-state index contributed by atoms with van der Waals surface area (Å²) in [5, 5.41) is 7.79. The lowest BCUT2D eigenvalue weighted by Gasteiger charge is -2.38. The molecular weight excluding hydrogens is 276 g/mol. The molecule has 0 aromatic heterocycles. The normalized spacial score (nSPS) is 30.6. The van der Waals surface area contributed by atoms with Crippen molar-refractivity contribution in [2.75, 3.05) is 12.3 Å². The van der Waals surface area contributed by atoms with Gasteiger partial charge in [-0.05, 0) is 37.5 Å². The zero-order valence-corrected chi connectivity index (χ0v) is 12.8. The van der Waals surface area contributed by atoms with Crippen molar-refractivity contribution in [2.45, 2.75) is 51.4 Å². The standard InChI is InChI=1S/C14H26N2O3S/c15-20(18,19)9-3-8-16-14(17)13-7-6-11-4-1-2-5-12(11)10-13/h11-13H,1-10H2,(H,16,17)(H2,15,18,19). The van der Waals surface area contributed by atoms with E-state index in [1.54, 1.807) is 0 Å². The third-order valence-corrected chi connectivity index (χ3v) is 5.67. The molecule has 2 saturated carbocycles. The van der Waals surface area contributed by atoms with Crippen molar-refractivity contribution < 1.29 is 13.2 Å². The van der Waals surface area contributed by atoms with Crippen LogP contribution in [0.25, 0.3) is 0 Å². The van der Waals surface area contributed by atoms with Gasteiger partial charge in [-0.25, -0.2) is 13.6 Å². The molecule has 1 amide bonds. The summed E-state index contributed by atoms with van der Waals surface area (Å²) in [6, 6.07) is 0. The minimum Gasteiger partial charge on any atom is -0.356 e. The molecule has 0 saturated heterocycles. The summed E-state index contributed by atoms with van der Waals surface area (Å²) < 4.78 is 21.6. The predicted octanol–water partition coefficient (Wildman–Crippen LogP) is 1.39. The smallest absolute Gasteiger partial charge is 0.223 e. The molecule has 0 radical (unpaired) electrons. The quantitative estimate of drug-likeness (QED) is 0.752. The van der Waals surface area contributed by atoms with Gasteiger partial charge in [0.15, 0.2) is 0 Å². The number of primary sulfonamides is 1. The summed E-state index contributed by atoms with van der Waals surface area (Å²) in [7, 11) is -3.41. The Morgan fingerprint density at radius 1 is 1.10 bits per heavy atom. The molecule has 0 heterocycles. The van der Waals surface area contributed by atoms with Gasteiger partial charge in [-0.15, -0.1) is 0 Å². The van der Waals surface area contributed by atoms with Crippen LogP contribution in [0.1, 0.15) is 51.4 Å². The van der Waals surface area contributed by atoms with Crippen LogP contribution in [0.4, 0.5) is 0 Å². The molecule has 0 aliphatic heterocycles. The summed E-state index contributed by atoms with van der Waals surface area (Å²) in [4.78, 5) is 12.1. The van der Waals surface area contributed by atoms with Crippen LogP contribution in [-0.4, -0.2) is 26.6 Å². The lowest BCUT2D eigenvalue weighted by Crippen LogP contribution is -2.38. The van der Waals surface area contributed by atoms with Gasteiger partial charge in [0.25, 0.3) is 0 Å². The molecule has 6 heteroatoms. The van der Waals surface area contributed by atoms with E-state index in [4.69, 9.17) is 5.14 Å².